The first kappa shape index (κ1) is 16.1. The van der Waals surface area contributed by atoms with Gasteiger partial charge in [-0.2, -0.15) is 26.3 Å². The Labute approximate surface area is 123 Å². The normalized spacial score (nSPS) is 41.3. The average Bonchev–Trinajstić information content (AvgIpc) is 3.05. The zero-order valence-corrected chi connectivity index (χ0v) is 11.7. The summed E-state index contributed by atoms with van der Waals surface area (Å²) in [5.74, 6) is -2.78. The van der Waals surface area contributed by atoms with Crippen LogP contribution >= 0.6 is 0 Å². The molecule has 2 fully saturated rings. The number of hydrogen-bond acceptors (Lipinski definition) is 2. The van der Waals surface area contributed by atoms with Crippen molar-refractivity contribution in [3.8, 4) is 0 Å². The van der Waals surface area contributed by atoms with Crippen molar-refractivity contribution in [1.29, 1.82) is 0 Å². The van der Waals surface area contributed by atoms with Crippen LogP contribution in [-0.4, -0.2) is 36.3 Å². The monoisotopic (exact) mass is 330 g/mol. The number of fused-ring (bicyclic) bond motifs is 5. The summed E-state index contributed by atoms with van der Waals surface area (Å²) in [6.07, 6.45) is -8.71. The fourth-order valence-electron chi connectivity index (χ4n) is 4.79. The molecule has 0 radical (unpaired) electrons. The van der Waals surface area contributed by atoms with Gasteiger partial charge in [-0.3, -0.25) is 0 Å². The SMILES string of the molecule is COC1C2C3C=CC(C3)C2CC1C(O)(C(F)(F)F)C(F)(F)F. The van der Waals surface area contributed by atoms with Gasteiger partial charge < -0.3 is 9.84 Å². The zero-order valence-electron chi connectivity index (χ0n) is 11.7. The van der Waals surface area contributed by atoms with E-state index in [1.807, 2.05) is 12.2 Å². The van der Waals surface area contributed by atoms with Crippen molar-refractivity contribution in [2.75, 3.05) is 7.11 Å². The molecule has 3 rings (SSSR count). The van der Waals surface area contributed by atoms with E-state index in [0.29, 0.717) is 0 Å². The Kier molecular flexibility index (Phi) is 3.39. The molecule has 0 saturated heterocycles. The Morgan fingerprint density at radius 3 is 2.00 bits per heavy atom. The molecule has 2 nitrogen and oxygen atoms in total. The third-order valence-corrected chi connectivity index (χ3v) is 5.66. The number of methoxy groups -OCH3 is 1. The van der Waals surface area contributed by atoms with Crippen LogP contribution in [0.5, 0.6) is 0 Å². The molecule has 126 valence electrons. The van der Waals surface area contributed by atoms with Crippen LogP contribution in [0.1, 0.15) is 12.8 Å². The molecule has 0 aliphatic heterocycles. The van der Waals surface area contributed by atoms with E-state index in [9.17, 15) is 31.4 Å². The van der Waals surface area contributed by atoms with E-state index in [0.717, 1.165) is 13.5 Å². The van der Waals surface area contributed by atoms with Gasteiger partial charge in [0.25, 0.3) is 5.60 Å². The van der Waals surface area contributed by atoms with E-state index in [1.165, 1.54) is 0 Å². The van der Waals surface area contributed by atoms with E-state index in [2.05, 4.69) is 0 Å². The maximum absolute atomic E-state index is 13.1. The van der Waals surface area contributed by atoms with Gasteiger partial charge in [0.05, 0.1) is 6.10 Å². The maximum atomic E-state index is 13.1. The minimum atomic E-state index is -5.79. The van der Waals surface area contributed by atoms with Crippen LogP contribution in [0.25, 0.3) is 0 Å². The molecule has 6 unspecified atom stereocenters. The van der Waals surface area contributed by atoms with E-state index < -0.39 is 30.0 Å². The van der Waals surface area contributed by atoms with Crippen LogP contribution in [0, 0.1) is 29.6 Å². The topological polar surface area (TPSA) is 29.5 Å². The van der Waals surface area contributed by atoms with Crippen LogP contribution in [-0.2, 0) is 4.74 Å². The molecule has 0 spiro atoms. The highest BCUT2D eigenvalue weighted by Gasteiger charge is 2.77. The van der Waals surface area contributed by atoms with Crippen LogP contribution in [0.4, 0.5) is 26.3 Å². The molecular formula is C14H16F6O2. The van der Waals surface area contributed by atoms with Crippen LogP contribution in [0.2, 0.25) is 0 Å². The van der Waals surface area contributed by atoms with Crippen LogP contribution in [0.3, 0.4) is 0 Å². The first-order chi connectivity index (χ1) is 10.0. The standard InChI is InChI=1S/C14H16F6O2/c1-22-11-9(12(21,13(15,16)17)14(18,19)20)5-8-6-2-3-7(4-6)10(8)11/h2-3,6-11,21H,4-5H2,1H3. The van der Waals surface area contributed by atoms with Crippen molar-refractivity contribution in [2.24, 2.45) is 29.6 Å². The fourth-order valence-corrected chi connectivity index (χ4v) is 4.79. The second-order valence-corrected chi connectivity index (χ2v) is 6.49. The van der Waals surface area contributed by atoms with Crippen molar-refractivity contribution in [1.82, 2.24) is 0 Å². The fraction of sp³-hybridized carbons (Fsp3) is 0.857. The first-order valence-electron chi connectivity index (χ1n) is 7.09. The largest absolute Gasteiger partial charge is 0.426 e. The van der Waals surface area contributed by atoms with E-state index in [4.69, 9.17) is 4.74 Å². The smallest absolute Gasteiger partial charge is 0.381 e. The summed E-state index contributed by atoms with van der Waals surface area (Å²) in [6, 6.07) is 0. The molecule has 2 saturated carbocycles. The maximum Gasteiger partial charge on any atom is 0.426 e. The summed E-state index contributed by atoms with van der Waals surface area (Å²) in [6.45, 7) is 0. The second kappa shape index (κ2) is 4.63. The summed E-state index contributed by atoms with van der Waals surface area (Å²) in [5.41, 5.74) is -4.73. The summed E-state index contributed by atoms with van der Waals surface area (Å²) in [7, 11) is 1.11. The van der Waals surface area contributed by atoms with Gasteiger partial charge in [0.2, 0.25) is 0 Å². The molecule has 22 heavy (non-hydrogen) atoms. The average molecular weight is 330 g/mol. The van der Waals surface area contributed by atoms with Gasteiger partial charge in [-0.15, -0.1) is 0 Å². The van der Waals surface area contributed by atoms with Gasteiger partial charge in [0, 0.05) is 13.0 Å². The number of allylic oxidation sites excluding steroid dienone is 2. The predicted octanol–water partition coefficient (Wildman–Crippen LogP) is 3.32. The molecular weight excluding hydrogens is 314 g/mol. The Morgan fingerprint density at radius 1 is 0.955 bits per heavy atom. The lowest BCUT2D eigenvalue weighted by atomic mass is 9.80. The number of aliphatic hydroxyl groups is 1. The molecule has 6 atom stereocenters. The molecule has 2 bridgehead atoms. The van der Waals surface area contributed by atoms with Crippen LogP contribution in [0.15, 0.2) is 12.2 Å². The highest BCUT2D eigenvalue weighted by molar-refractivity contribution is 5.21. The number of halogens is 6. The molecule has 0 aromatic carbocycles. The van der Waals surface area contributed by atoms with Crippen molar-refractivity contribution in [3.63, 3.8) is 0 Å². The quantitative estimate of drug-likeness (QED) is 0.622. The highest BCUT2D eigenvalue weighted by atomic mass is 19.4. The molecule has 8 heteroatoms. The lowest BCUT2D eigenvalue weighted by Gasteiger charge is -2.40. The lowest BCUT2D eigenvalue weighted by molar-refractivity contribution is -0.390. The predicted molar refractivity (Wildman–Crippen MR) is 63.7 cm³/mol. The van der Waals surface area contributed by atoms with E-state index in [1.54, 1.807) is 0 Å². The van der Waals surface area contributed by atoms with Gasteiger partial charge in [-0.25, -0.2) is 0 Å². The van der Waals surface area contributed by atoms with Gasteiger partial charge in [0.15, 0.2) is 0 Å². The molecule has 1 N–H and O–H groups in total. The Morgan fingerprint density at radius 2 is 1.50 bits per heavy atom. The summed E-state index contributed by atoms with van der Waals surface area (Å²) >= 11 is 0. The molecule has 0 amide bonds. The minimum absolute atomic E-state index is 0.0108. The van der Waals surface area contributed by atoms with Gasteiger partial charge in [-0.05, 0) is 36.5 Å². The molecule has 0 aromatic rings. The molecule has 0 heterocycles. The summed E-state index contributed by atoms with van der Waals surface area (Å²) in [4.78, 5) is 0. The minimum Gasteiger partial charge on any atom is -0.381 e. The van der Waals surface area contributed by atoms with Gasteiger partial charge >= 0.3 is 12.4 Å². The number of hydrogen-bond donors (Lipinski definition) is 1. The van der Waals surface area contributed by atoms with Crippen molar-refractivity contribution >= 4 is 0 Å². The van der Waals surface area contributed by atoms with Crippen molar-refractivity contribution < 1.29 is 36.2 Å². The van der Waals surface area contributed by atoms with Gasteiger partial charge in [-0.1, -0.05) is 12.2 Å². The molecule has 3 aliphatic carbocycles. The Hall–Kier alpha value is -0.760. The Bertz CT molecular complexity index is 469. The molecule has 3 aliphatic rings. The highest BCUT2D eigenvalue weighted by Crippen LogP contribution is 2.63. The van der Waals surface area contributed by atoms with E-state index >= 15 is 0 Å². The third kappa shape index (κ3) is 1.89. The Balaban J connectivity index is 2.00. The van der Waals surface area contributed by atoms with Gasteiger partial charge in [0.1, 0.15) is 0 Å². The number of ether oxygens (including phenoxy) is 1. The number of rotatable bonds is 2. The van der Waals surface area contributed by atoms with Crippen molar-refractivity contribution in [2.45, 2.75) is 36.9 Å². The first-order valence-corrected chi connectivity index (χ1v) is 7.09. The summed E-state index contributed by atoms with van der Waals surface area (Å²) < 4.78 is 83.7. The zero-order chi connectivity index (χ0) is 16.5. The number of alkyl halides is 6. The van der Waals surface area contributed by atoms with Crippen LogP contribution < -0.4 is 0 Å². The van der Waals surface area contributed by atoms with Crippen molar-refractivity contribution in [3.05, 3.63) is 12.2 Å². The lowest BCUT2D eigenvalue weighted by Crippen LogP contribution is -2.63. The second-order valence-electron chi connectivity index (χ2n) is 6.49. The molecule has 0 aromatic heterocycles. The third-order valence-electron chi connectivity index (χ3n) is 5.66. The van der Waals surface area contributed by atoms with E-state index in [-0.39, 0.29) is 30.1 Å². The summed E-state index contributed by atoms with van der Waals surface area (Å²) in [5, 5.41) is 9.68.